The van der Waals surface area contributed by atoms with Crippen molar-refractivity contribution in [3.05, 3.63) is 22.4 Å². The second-order valence-electron chi connectivity index (χ2n) is 5.58. The fourth-order valence-electron chi connectivity index (χ4n) is 3.14. The van der Waals surface area contributed by atoms with Gasteiger partial charge in [0.2, 0.25) is 0 Å². The van der Waals surface area contributed by atoms with Crippen LogP contribution in [0.5, 0.6) is 0 Å². The van der Waals surface area contributed by atoms with Gasteiger partial charge in [-0.05, 0) is 62.4 Å². The van der Waals surface area contributed by atoms with Gasteiger partial charge in [-0.2, -0.15) is 0 Å². The first-order valence-electron chi connectivity index (χ1n) is 7.66. The maximum absolute atomic E-state index is 3.79. The molecular weight excluding hydrogens is 238 g/mol. The lowest BCUT2D eigenvalue weighted by molar-refractivity contribution is 0.335. The van der Waals surface area contributed by atoms with Crippen LogP contribution >= 0.6 is 11.3 Å². The molecule has 0 amide bonds. The van der Waals surface area contributed by atoms with Crippen LogP contribution in [0.4, 0.5) is 0 Å². The van der Waals surface area contributed by atoms with Crippen LogP contribution in [-0.4, -0.2) is 12.6 Å². The maximum atomic E-state index is 3.79. The second kappa shape index (κ2) is 7.96. The van der Waals surface area contributed by atoms with E-state index in [9.17, 15) is 0 Å². The van der Waals surface area contributed by atoms with Gasteiger partial charge in [0.25, 0.3) is 0 Å². The fraction of sp³-hybridized carbons (Fsp3) is 0.750. The predicted octanol–water partition coefficient (Wildman–Crippen LogP) is 4.63. The van der Waals surface area contributed by atoms with E-state index in [1.54, 1.807) is 4.88 Å². The number of rotatable bonds is 8. The lowest BCUT2D eigenvalue weighted by Crippen LogP contribution is -2.35. The highest BCUT2D eigenvalue weighted by Gasteiger charge is 2.23. The summed E-state index contributed by atoms with van der Waals surface area (Å²) in [6.45, 7) is 3.46. The Hall–Kier alpha value is -0.340. The van der Waals surface area contributed by atoms with Crippen molar-refractivity contribution in [3.63, 3.8) is 0 Å². The van der Waals surface area contributed by atoms with Crippen molar-refractivity contribution in [3.8, 4) is 0 Å². The lowest BCUT2D eigenvalue weighted by atomic mass is 9.93. The van der Waals surface area contributed by atoms with E-state index >= 15 is 0 Å². The zero-order chi connectivity index (χ0) is 12.6. The molecule has 102 valence electrons. The van der Waals surface area contributed by atoms with E-state index in [4.69, 9.17) is 0 Å². The van der Waals surface area contributed by atoms with Gasteiger partial charge in [-0.3, -0.25) is 0 Å². The van der Waals surface area contributed by atoms with Crippen LogP contribution in [-0.2, 0) is 6.42 Å². The van der Waals surface area contributed by atoms with Gasteiger partial charge in [-0.25, -0.2) is 0 Å². The number of aryl methyl sites for hydroxylation is 1. The Bertz CT molecular complexity index is 301. The molecule has 1 heterocycles. The Balaban J connectivity index is 1.73. The SMILES string of the molecule is CCCNC(CCCc1cccs1)C1CCCC1. The molecule has 1 nitrogen and oxygen atoms in total. The summed E-state index contributed by atoms with van der Waals surface area (Å²) in [4.78, 5) is 1.55. The number of hydrogen-bond donors (Lipinski definition) is 1. The first kappa shape index (κ1) is 14.1. The zero-order valence-corrected chi connectivity index (χ0v) is 12.5. The third-order valence-corrected chi connectivity index (χ3v) is 5.08. The van der Waals surface area contributed by atoms with Crippen LogP contribution in [0.25, 0.3) is 0 Å². The van der Waals surface area contributed by atoms with E-state index in [0.717, 1.165) is 12.0 Å². The van der Waals surface area contributed by atoms with Crippen LogP contribution in [0, 0.1) is 5.92 Å². The summed E-state index contributed by atoms with van der Waals surface area (Å²) < 4.78 is 0. The molecule has 0 aliphatic heterocycles. The molecule has 1 aromatic heterocycles. The smallest absolute Gasteiger partial charge is 0.00954 e. The molecule has 2 rings (SSSR count). The molecule has 1 aliphatic carbocycles. The van der Waals surface area contributed by atoms with E-state index in [2.05, 4.69) is 29.8 Å². The van der Waals surface area contributed by atoms with Gasteiger partial charge in [0.05, 0.1) is 0 Å². The highest BCUT2D eigenvalue weighted by Crippen LogP contribution is 2.30. The predicted molar refractivity (Wildman–Crippen MR) is 81.3 cm³/mol. The molecule has 1 aliphatic rings. The summed E-state index contributed by atoms with van der Waals surface area (Å²) in [5.41, 5.74) is 0. The normalized spacial score (nSPS) is 18.3. The van der Waals surface area contributed by atoms with Gasteiger partial charge in [0, 0.05) is 10.9 Å². The molecule has 1 saturated carbocycles. The van der Waals surface area contributed by atoms with E-state index in [-0.39, 0.29) is 0 Å². The summed E-state index contributed by atoms with van der Waals surface area (Å²) in [6.07, 6.45) is 11.1. The van der Waals surface area contributed by atoms with Crippen LogP contribution in [0.2, 0.25) is 0 Å². The average molecular weight is 265 g/mol. The number of thiophene rings is 1. The van der Waals surface area contributed by atoms with Crippen molar-refractivity contribution in [2.45, 2.75) is 64.3 Å². The summed E-state index contributed by atoms with van der Waals surface area (Å²) >= 11 is 1.90. The molecular formula is C16H27NS. The largest absolute Gasteiger partial charge is 0.314 e. The van der Waals surface area contributed by atoms with Gasteiger partial charge in [-0.1, -0.05) is 25.8 Å². The topological polar surface area (TPSA) is 12.0 Å². The molecule has 0 spiro atoms. The van der Waals surface area contributed by atoms with Crippen molar-refractivity contribution in [1.29, 1.82) is 0 Å². The maximum Gasteiger partial charge on any atom is 0.00954 e. The second-order valence-corrected chi connectivity index (χ2v) is 6.61. The molecule has 0 bridgehead atoms. The monoisotopic (exact) mass is 265 g/mol. The van der Waals surface area contributed by atoms with Gasteiger partial charge < -0.3 is 5.32 Å². The Morgan fingerprint density at radius 2 is 2.22 bits per heavy atom. The van der Waals surface area contributed by atoms with Crippen molar-refractivity contribution >= 4 is 11.3 Å². The highest BCUT2D eigenvalue weighted by atomic mass is 32.1. The molecule has 18 heavy (non-hydrogen) atoms. The third-order valence-electron chi connectivity index (χ3n) is 4.14. The van der Waals surface area contributed by atoms with Gasteiger partial charge in [0.15, 0.2) is 0 Å². The number of nitrogens with one attached hydrogen (secondary N) is 1. The molecule has 0 aromatic carbocycles. The van der Waals surface area contributed by atoms with Gasteiger partial charge in [0.1, 0.15) is 0 Å². The minimum absolute atomic E-state index is 0.785. The standard InChI is InChI=1S/C16H27NS/c1-2-12-17-16(14-7-3-4-8-14)11-5-9-15-10-6-13-18-15/h6,10,13-14,16-17H,2-5,7-9,11-12H2,1H3. The van der Waals surface area contributed by atoms with E-state index in [0.29, 0.717) is 0 Å². The lowest BCUT2D eigenvalue weighted by Gasteiger charge is -2.24. The minimum atomic E-state index is 0.785. The molecule has 1 aromatic rings. The first-order chi connectivity index (χ1) is 8.90. The Morgan fingerprint density at radius 1 is 1.39 bits per heavy atom. The summed E-state index contributed by atoms with van der Waals surface area (Å²) in [5.74, 6) is 0.958. The van der Waals surface area contributed by atoms with Crippen molar-refractivity contribution < 1.29 is 0 Å². The molecule has 0 radical (unpaired) electrons. The summed E-state index contributed by atoms with van der Waals surface area (Å²) in [5, 5.41) is 5.99. The van der Waals surface area contributed by atoms with E-state index in [1.807, 2.05) is 11.3 Å². The van der Waals surface area contributed by atoms with Crippen molar-refractivity contribution in [2.24, 2.45) is 5.92 Å². The van der Waals surface area contributed by atoms with Crippen LogP contribution in [0.3, 0.4) is 0 Å². The molecule has 2 heteroatoms. The highest BCUT2D eigenvalue weighted by molar-refractivity contribution is 7.09. The van der Waals surface area contributed by atoms with E-state index < -0.39 is 0 Å². The third kappa shape index (κ3) is 4.40. The molecule has 0 saturated heterocycles. The van der Waals surface area contributed by atoms with Crippen molar-refractivity contribution in [2.75, 3.05) is 6.54 Å². The molecule has 1 unspecified atom stereocenters. The average Bonchev–Trinajstić information content (AvgIpc) is 3.05. The Morgan fingerprint density at radius 3 is 2.89 bits per heavy atom. The van der Waals surface area contributed by atoms with E-state index in [1.165, 1.54) is 57.9 Å². The summed E-state index contributed by atoms with van der Waals surface area (Å²) in [7, 11) is 0. The zero-order valence-electron chi connectivity index (χ0n) is 11.7. The molecule has 1 fully saturated rings. The first-order valence-corrected chi connectivity index (χ1v) is 8.54. The fourth-order valence-corrected chi connectivity index (χ4v) is 3.90. The quantitative estimate of drug-likeness (QED) is 0.722. The van der Waals surface area contributed by atoms with Crippen LogP contribution in [0.1, 0.15) is 56.7 Å². The van der Waals surface area contributed by atoms with Crippen molar-refractivity contribution in [1.82, 2.24) is 5.32 Å². The molecule has 1 atom stereocenters. The van der Waals surface area contributed by atoms with Crippen LogP contribution < -0.4 is 5.32 Å². The molecule has 1 N–H and O–H groups in total. The Kier molecular flexibility index (Phi) is 6.22. The number of hydrogen-bond acceptors (Lipinski definition) is 2. The summed E-state index contributed by atoms with van der Waals surface area (Å²) in [6, 6.07) is 5.23. The van der Waals surface area contributed by atoms with Gasteiger partial charge >= 0.3 is 0 Å². The van der Waals surface area contributed by atoms with Gasteiger partial charge in [-0.15, -0.1) is 11.3 Å². The Labute approximate surface area is 116 Å². The van der Waals surface area contributed by atoms with Crippen LogP contribution in [0.15, 0.2) is 17.5 Å². The minimum Gasteiger partial charge on any atom is -0.314 e.